The number of hydrogen-bond acceptors (Lipinski definition) is 5. The number of carbonyl (C=O) groups is 1. The molecule has 2 heterocycles. The van der Waals surface area contributed by atoms with Crippen molar-refractivity contribution in [3.8, 4) is 17.0 Å². The standard InChI is InChI=1S/C16H14F3N3O3/c17-12-3-2-10(6-14(12)25-15(18)19)13-8-20-7-11(21-13)9-22-4-1-5-24-16(22)23/h2-3,6-8,15H,1,4-5,9H2. The van der Waals surface area contributed by atoms with Crippen LogP contribution in [0.25, 0.3) is 11.3 Å². The first-order valence-electron chi connectivity index (χ1n) is 7.50. The van der Waals surface area contributed by atoms with E-state index in [2.05, 4.69) is 14.7 Å². The molecule has 0 bridgehead atoms. The van der Waals surface area contributed by atoms with Crippen molar-refractivity contribution in [1.82, 2.24) is 14.9 Å². The van der Waals surface area contributed by atoms with Crippen molar-refractivity contribution in [2.24, 2.45) is 0 Å². The minimum atomic E-state index is -3.13. The molecule has 2 aromatic rings. The third-order valence-electron chi connectivity index (χ3n) is 3.54. The summed E-state index contributed by atoms with van der Waals surface area (Å²) in [7, 11) is 0. The molecule has 3 rings (SSSR count). The Morgan fingerprint density at radius 1 is 1.32 bits per heavy atom. The number of carbonyl (C=O) groups excluding carboxylic acids is 1. The molecule has 1 aromatic carbocycles. The Morgan fingerprint density at radius 3 is 2.92 bits per heavy atom. The Bertz CT molecular complexity index is 773. The van der Waals surface area contributed by atoms with Gasteiger partial charge in [0.1, 0.15) is 0 Å². The van der Waals surface area contributed by atoms with Crippen molar-refractivity contribution >= 4 is 6.09 Å². The highest BCUT2D eigenvalue weighted by molar-refractivity contribution is 5.68. The predicted molar refractivity (Wildman–Crippen MR) is 80.4 cm³/mol. The van der Waals surface area contributed by atoms with Crippen molar-refractivity contribution in [1.29, 1.82) is 0 Å². The van der Waals surface area contributed by atoms with Crippen molar-refractivity contribution < 1.29 is 27.4 Å². The van der Waals surface area contributed by atoms with Gasteiger partial charge in [0.2, 0.25) is 0 Å². The van der Waals surface area contributed by atoms with Crippen LogP contribution in [-0.2, 0) is 11.3 Å². The number of hydrogen-bond donors (Lipinski definition) is 0. The molecule has 0 saturated carbocycles. The first-order valence-corrected chi connectivity index (χ1v) is 7.50. The second kappa shape index (κ2) is 7.37. The van der Waals surface area contributed by atoms with Gasteiger partial charge in [-0.2, -0.15) is 8.78 Å². The monoisotopic (exact) mass is 353 g/mol. The Balaban J connectivity index is 1.82. The largest absolute Gasteiger partial charge is 0.449 e. The number of nitrogens with zero attached hydrogens (tertiary/aromatic N) is 3. The molecule has 25 heavy (non-hydrogen) atoms. The fourth-order valence-corrected chi connectivity index (χ4v) is 2.41. The molecule has 1 fully saturated rings. The molecule has 1 amide bonds. The van der Waals surface area contributed by atoms with Crippen LogP contribution in [0.1, 0.15) is 12.1 Å². The first kappa shape index (κ1) is 17.0. The van der Waals surface area contributed by atoms with E-state index in [0.717, 1.165) is 18.6 Å². The summed E-state index contributed by atoms with van der Waals surface area (Å²) in [6.45, 7) is -1.98. The maximum Gasteiger partial charge on any atom is 0.410 e. The Labute approximate surface area is 141 Å². The zero-order chi connectivity index (χ0) is 17.8. The molecular weight excluding hydrogens is 339 g/mol. The normalized spacial score (nSPS) is 14.6. The quantitative estimate of drug-likeness (QED) is 0.826. The summed E-state index contributed by atoms with van der Waals surface area (Å²) in [5, 5.41) is 0. The van der Waals surface area contributed by atoms with Crippen LogP contribution >= 0.6 is 0 Å². The molecule has 0 N–H and O–H groups in total. The summed E-state index contributed by atoms with van der Waals surface area (Å²) in [4.78, 5) is 21.5. The molecule has 0 spiro atoms. The third kappa shape index (κ3) is 4.17. The zero-order valence-electron chi connectivity index (χ0n) is 13.0. The Hall–Kier alpha value is -2.84. The number of aromatic nitrogens is 2. The van der Waals surface area contributed by atoms with Crippen LogP contribution in [0.2, 0.25) is 0 Å². The molecule has 1 saturated heterocycles. The highest BCUT2D eigenvalue weighted by Crippen LogP contribution is 2.26. The lowest BCUT2D eigenvalue weighted by Crippen LogP contribution is -2.37. The summed E-state index contributed by atoms with van der Waals surface area (Å²) in [5.41, 5.74) is 1.21. The number of benzene rings is 1. The SMILES string of the molecule is O=C1OCCCN1Cc1cncc(-c2ccc(F)c(OC(F)F)c2)n1. The van der Waals surface area contributed by atoms with Crippen LogP contribution in [0.4, 0.5) is 18.0 Å². The van der Waals surface area contributed by atoms with Crippen LogP contribution in [0.5, 0.6) is 5.75 Å². The number of cyclic esters (lactones) is 1. The molecule has 0 radical (unpaired) electrons. The van der Waals surface area contributed by atoms with Crippen molar-refractivity contribution in [3.05, 3.63) is 42.1 Å². The lowest BCUT2D eigenvalue weighted by Gasteiger charge is -2.25. The van der Waals surface area contributed by atoms with Gasteiger partial charge in [0.05, 0.1) is 36.9 Å². The van der Waals surface area contributed by atoms with Crippen LogP contribution < -0.4 is 4.74 Å². The van der Waals surface area contributed by atoms with Gasteiger partial charge in [-0.1, -0.05) is 0 Å². The highest BCUT2D eigenvalue weighted by atomic mass is 19.3. The van der Waals surface area contributed by atoms with E-state index in [1.807, 2.05) is 0 Å². The third-order valence-corrected chi connectivity index (χ3v) is 3.54. The number of alkyl halides is 2. The van der Waals surface area contributed by atoms with Crippen LogP contribution in [-0.4, -0.2) is 40.7 Å². The molecule has 1 aromatic heterocycles. The molecule has 0 aliphatic carbocycles. The van der Waals surface area contributed by atoms with E-state index in [1.165, 1.54) is 23.4 Å². The predicted octanol–water partition coefficient (Wildman–Crippen LogP) is 3.23. The van der Waals surface area contributed by atoms with Gasteiger partial charge in [-0.3, -0.25) is 4.98 Å². The Kier molecular flexibility index (Phi) is 5.01. The van der Waals surface area contributed by atoms with E-state index in [-0.39, 0.29) is 6.54 Å². The van der Waals surface area contributed by atoms with E-state index >= 15 is 0 Å². The number of amides is 1. The maximum absolute atomic E-state index is 13.5. The molecular formula is C16H14F3N3O3. The fourth-order valence-electron chi connectivity index (χ4n) is 2.41. The minimum Gasteiger partial charge on any atom is -0.449 e. The first-order chi connectivity index (χ1) is 12.0. The second-order valence-corrected chi connectivity index (χ2v) is 5.31. The van der Waals surface area contributed by atoms with Crippen LogP contribution in [0, 0.1) is 5.82 Å². The lowest BCUT2D eigenvalue weighted by molar-refractivity contribution is -0.0521. The van der Waals surface area contributed by atoms with Gasteiger partial charge in [-0.15, -0.1) is 0 Å². The molecule has 1 aliphatic heterocycles. The molecule has 0 atom stereocenters. The topological polar surface area (TPSA) is 64.5 Å². The average molecular weight is 353 g/mol. The maximum atomic E-state index is 13.5. The van der Waals surface area contributed by atoms with Crippen molar-refractivity contribution in [2.75, 3.05) is 13.2 Å². The summed E-state index contributed by atoms with van der Waals surface area (Å²) >= 11 is 0. The summed E-state index contributed by atoms with van der Waals surface area (Å²) in [6, 6.07) is 3.53. The number of rotatable bonds is 5. The van der Waals surface area contributed by atoms with E-state index in [4.69, 9.17) is 4.74 Å². The van der Waals surface area contributed by atoms with E-state index < -0.39 is 24.3 Å². The molecule has 132 valence electrons. The van der Waals surface area contributed by atoms with Gasteiger partial charge in [0.25, 0.3) is 0 Å². The number of ether oxygens (including phenoxy) is 2. The molecule has 9 heteroatoms. The highest BCUT2D eigenvalue weighted by Gasteiger charge is 2.20. The van der Waals surface area contributed by atoms with Gasteiger partial charge in [-0.25, -0.2) is 14.2 Å². The average Bonchev–Trinajstić information content (AvgIpc) is 2.59. The van der Waals surface area contributed by atoms with E-state index in [9.17, 15) is 18.0 Å². The molecule has 0 unspecified atom stereocenters. The van der Waals surface area contributed by atoms with Gasteiger partial charge in [0, 0.05) is 12.1 Å². The fraction of sp³-hybridized carbons (Fsp3) is 0.312. The van der Waals surface area contributed by atoms with Gasteiger partial charge in [-0.05, 0) is 24.6 Å². The smallest absolute Gasteiger partial charge is 0.410 e. The zero-order valence-corrected chi connectivity index (χ0v) is 13.0. The minimum absolute atomic E-state index is 0.210. The van der Waals surface area contributed by atoms with E-state index in [1.54, 1.807) is 0 Å². The van der Waals surface area contributed by atoms with Crippen LogP contribution in [0.15, 0.2) is 30.6 Å². The Morgan fingerprint density at radius 2 is 2.16 bits per heavy atom. The molecule has 1 aliphatic rings. The number of halogens is 3. The lowest BCUT2D eigenvalue weighted by atomic mass is 10.1. The summed E-state index contributed by atoms with van der Waals surface area (Å²) < 4.78 is 47.3. The second-order valence-electron chi connectivity index (χ2n) is 5.31. The van der Waals surface area contributed by atoms with Gasteiger partial charge < -0.3 is 14.4 Å². The van der Waals surface area contributed by atoms with Crippen molar-refractivity contribution in [3.63, 3.8) is 0 Å². The summed E-state index contributed by atoms with van der Waals surface area (Å²) in [5.74, 6) is -1.47. The van der Waals surface area contributed by atoms with Crippen molar-refractivity contribution in [2.45, 2.75) is 19.6 Å². The summed E-state index contributed by atoms with van der Waals surface area (Å²) in [6.07, 6.45) is 3.21. The van der Waals surface area contributed by atoms with Gasteiger partial charge >= 0.3 is 12.7 Å². The van der Waals surface area contributed by atoms with Crippen LogP contribution in [0.3, 0.4) is 0 Å². The van der Waals surface area contributed by atoms with E-state index in [0.29, 0.717) is 30.1 Å². The molecule has 6 nitrogen and oxygen atoms in total. The van der Waals surface area contributed by atoms with Gasteiger partial charge in [0.15, 0.2) is 11.6 Å².